The number of hydrogen-bond donors (Lipinski definition) is 1. The predicted octanol–water partition coefficient (Wildman–Crippen LogP) is 3.29. The van der Waals surface area contributed by atoms with Crippen molar-refractivity contribution in [1.82, 2.24) is 15.1 Å². The highest BCUT2D eigenvalue weighted by Crippen LogP contribution is 2.36. The lowest BCUT2D eigenvalue weighted by Gasteiger charge is -2.36. The maximum atomic E-state index is 6.12. The first-order valence-corrected chi connectivity index (χ1v) is 10.4. The zero-order valence-electron chi connectivity index (χ0n) is 12.9. The number of rotatable bonds is 6. The van der Waals surface area contributed by atoms with Gasteiger partial charge in [0, 0.05) is 26.7 Å². The Morgan fingerprint density at radius 3 is 2.53 bits per heavy atom. The number of aromatic nitrogens is 2. The lowest BCUT2D eigenvalue weighted by Crippen LogP contribution is -2.42. The SMILES string of the molecule is Cn1ncc(Br)c1CNCCO[Si](C)(C)C(C)(C)C. The second-order valence-electron chi connectivity index (χ2n) is 6.35. The zero-order chi connectivity index (χ0) is 14.7. The summed E-state index contributed by atoms with van der Waals surface area (Å²) in [5.41, 5.74) is 1.16. The molecule has 0 radical (unpaired) electrons. The van der Waals surface area contributed by atoms with Gasteiger partial charge in [0.05, 0.1) is 16.4 Å². The molecule has 0 spiro atoms. The van der Waals surface area contributed by atoms with Crippen molar-refractivity contribution in [2.24, 2.45) is 7.05 Å². The van der Waals surface area contributed by atoms with Crippen LogP contribution >= 0.6 is 15.9 Å². The minimum absolute atomic E-state index is 0.276. The van der Waals surface area contributed by atoms with E-state index in [1.165, 1.54) is 0 Å². The van der Waals surface area contributed by atoms with Gasteiger partial charge in [0.25, 0.3) is 0 Å². The number of aryl methyl sites for hydroxylation is 1. The highest BCUT2D eigenvalue weighted by molar-refractivity contribution is 9.10. The topological polar surface area (TPSA) is 39.1 Å². The lowest BCUT2D eigenvalue weighted by molar-refractivity contribution is 0.285. The molecule has 0 aliphatic heterocycles. The van der Waals surface area contributed by atoms with Crippen LogP contribution in [-0.2, 0) is 18.0 Å². The van der Waals surface area contributed by atoms with E-state index in [2.05, 4.69) is 60.2 Å². The van der Waals surface area contributed by atoms with Gasteiger partial charge >= 0.3 is 0 Å². The number of nitrogens with one attached hydrogen (secondary N) is 1. The van der Waals surface area contributed by atoms with E-state index < -0.39 is 8.32 Å². The molecule has 6 heteroatoms. The van der Waals surface area contributed by atoms with Crippen molar-refractivity contribution >= 4 is 24.2 Å². The molecule has 0 amide bonds. The smallest absolute Gasteiger partial charge is 0.192 e. The van der Waals surface area contributed by atoms with Gasteiger partial charge in [-0.05, 0) is 34.1 Å². The van der Waals surface area contributed by atoms with Crippen molar-refractivity contribution in [3.63, 3.8) is 0 Å². The summed E-state index contributed by atoms with van der Waals surface area (Å²) >= 11 is 3.50. The van der Waals surface area contributed by atoms with Gasteiger partial charge in [0.15, 0.2) is 8.32 Å². The van der Waals surface area contributed by atoms with Crippen molar-refractivity contribution < 1.29 is 4.43 Å². The van der Waals surface area contributed by atoms with Crippen molar-refractivity contribution in [2.45, 2.75) is 45.4 Å². The highest BCUT2D eigenvalue weighted by atomic mass is 79.9. The first kappa shape index (κ1) is 16.9. The van der Waals surface area contributed by atoms with Crippen molar-refractivity contribution in [1.29, 1.82) is 0 Å². The summed E-state index contributed by atoms with van der Waals surface area (Å²) in [7, 11) is 0.343. The molecule has 0 bridgehead atoms. The van der Waals surface area contributed by atoms with Crippen LogP contribution in [0.5, 0.6) is 0 Å². The van der Waals surface area contributed by atoms with Crippen LogP contribution in [0.1, 0.15) is 26.5 Å². The molecule has 0 atom stereocenters. The Bertz CT molecular complexity index is 393. The maximum Gasteiger partial charge on any atom is 0.192 e. The van der Waals surface area contributed by atoms with Crippen LogP contribution in [-0.4, -0.2) is 31.2 Å². The molecule has 0 aliphatic carbocycles. The average molecular weight is 348 g/mol. The van der Waals surface area contributed by atoms with Crippen molar-refractivity contribution in [3.8, 4) is 0 Å². The van der Waals surface area contributed by atoms with Crippen LogP contribution in [0.3, 0.4) is 0 Å². The third kappa shape index (κ3) is 4.70. The van der Waals surface area contributed by atoms with E-state index in [1.807, 2.05) is 17.9 Å². The molecule has 1 N–H and O–H groups in total. The van der Waals surface area contributed by atoms with E-state index in [9.17, 15) is 0 Å². The summed E-state index contributed by atoms with van der Waals surface area (Å²) < 4.78 is 9.05. The number of halogens is 1. The fraction of sp³-hybridized carbons (Fsp3) is 0.769. The molecule has 1 aromatic heterocycles. The molecule has 1 heterocycles. The normalized spacial score (nSPS) is 13.0. The quantitative estimate of drug-likeness (QED) is 0.633. The van der Waals surface area contributed by atoms with E-state index in [1.54, 1.807) is 0 Å². The van der Waals surface area contributed by atoms with Crippen LogP contribution in [0, 0.1) is 0 Å². The van der Waals surface area contributed by atoms with Gasteiger partial charge in [-0.15, -0.1) is 0 Å². The van der Waals surface area contributed by atoms with E-state index in [4.69, 9.17) is 4.43 Å². The summed E-state index contributed by atoms with van der Waals surface area (Å²) in [6.07, 6.45) is 1.82. The van der Waals surface area contributed by atoms with Gasteiger partial charge in [0.2, 0.25) is 0 Å². The van der Waals surface area contributed by atoms with Gasteiger partial charge in [-0.2, -0.15) is 5.10 Å². The Labute approximate surface area is 126 Å². The third-order valence-electron chi connectivity index (χ3n) is 3.85. The highest BCUT2D eigenvalue weighted by Gasteiger charge is 2.36. The van der Waals surface area contributed by atoms with Gasteiger partial charge in [-0.3, -0.25) is 4.68 Å². The molecule has 19 heavy (non-hydrogen) atoms. The second-order valence-corrected chi connectivity index (χ2v) is 12.0. The Hall–Kier alpha value is -0.173. The average Bonchev–Trinajstić information content (AvgIpc) is 2.58. The van der Waals surface area contributed by atoms with Crippen molar-refractivity contribution in [3.05, 3.63) is 16.4 Å². The molecular weight excluding hydrogens is 322 g/mol. The van der Waals surface area contributed by atoms with Crippen LogP contribution in [0.4, 0.5) is 0 Å². The number of nitrogens with zero attached hydrogens (tertiary/aromatic N) is 2. The standard InChI is InChI=1S/C13H26BrN3OSi/c1-13(2,3)19(5,6)18-8-7-15-10-12-11(14)9-16-17(12)4/h9,15H,7-8,10H2,1-6H3. The Kier molecular flexibility index (Phi) is 5.79. The molecule has 0 unspecified atom stereocenters. The molecule has 110 valence electrons. The van der Waals surface area contributed by atoms with Crippen molar-refractivity contribution in [2.75, 3.05) is 13.2 Å². The molecule has 0 saturated carbocycles. The monoisotopic (exact) mass is 347 g/mol. The van der Waals surface area contributed by atoms with E-state index >= 15 is 0 Å². The lowest BCUT2D eigenvalue weighted by atomic mass is 10.2. The molecule has 0 aliphatic rings. The summed E-state index contributed by atoms with van der Waals surface area (Å²) in [5, 5.41) is 7.87. The van der Waals surface area contributed by atoms with Crippen LogP contribution in [0.15, 0.2) is 10.7 Å². The molecule has 1 aromatic rings. The summed E-state index contributed by atoms with van der Waals surface area (Å²) in [6.45, 7) is 13.8. The van der Waals surface area contributed by atoms with Gasteiger partial charge in [-0.1, -0.05) is 20.8 Å². The largest absolute Gasteiger partial charge is 0.416 e. The van der Waals surface area contributed by atoms with Crippen LogP contribution in [0.25, 0.3) is 0 Å². The Morgan fingerprint density at radius 2 is 2.05 bits per heavy atom. The third-order valence-corrected chi connectivity index (χ3v) is 9.05. The molecule has 0 saturated heterocycles. The van der Waals surface area contributed by atoms with Crippen LogP contribution < -0.4 is 5.32 Å². The summed E-state index contributed by atoms with van der Waals surface area (Å²) in [6, 6.07) is 0. The predicted molar refractivity (Wildman–Crippen MR) is 85.8 cm³/mol. The molecule has 1 rings (SSSR count). The maximum absolute atomic E-state index is 6.12. The van der Waals surface area contributed by atoms with Crippen LogP contribution in [0.2, 0.25) is 18.1 Å². The first-order chi connectivity index (χ1) is 8.65. The van der Waals surface area contributed by atoms with Gasteiger partial charge in [-0.25, -0.2) is 0 Å². The fourth-order valence-electron chi connectivity index (χ4n) is 1.44. The van der Waals surface area contributed by atoms with E-state index in [-0.39, 0.29) is 5.04 Å². The van der Waals surface area contributed by atoms with E-state index in [0.29, 0.717) is 0 Å². The Balaban J connectivity index is 2.29. The molecule has 0 fully saturated rings. The van der Waals surface area contributed by atoms with E-state index in [0.717, 1.165) is 29.9 Å². The second kappa shape index (κ2) is 6.52. The summed E-state index contributed by atoms with van der Waals surface area (Å²) in [4.78, 5) is 0. The zero-order valence-corrected chi connectivity index (χ0v) is 15.5. The fourth-order valence-corrected chi connectivity index (χ4v) is 2.97. The number of hydrogen-bond acceptors (Lipinski definition) is 3. The van der Waals surface area contributed by atoms with Gasteiger partial charge in [0.1, 0.15) is 0 Å². The Morgan fingerprint density at radius 1 is 1.42 bits per heavy atom. The molecule has 0 aromatic carbocycles. The molecular formula is C13H26BrN3OSi. The minimum atomic E-state index is -1.61. The minimum Gasteiger partial charge on any atom is -0.416 e. The summed E-state index contributed by atoms with van der Waals surface area (Å²) in [5.74, 6) is 0. The van der Waals surface area contributed by atoms with Gasteiger partial charge < -0.3 is 9.74 Å². The molecule has 4 nitrogen and oxygen atoms in total. The first-order valence-electron chi connectivity index (χ1n) is 6.66.